The molecule has 0 saturated carbocycles. The summed E-state index contributed by atoms with van der Waals surface area (Å²) in [6.45, 7) is 0.312. The predicted molar refractivity (Wildman–Crippen MR) is 94.9 cm³/mol. The van der Waals surface area contributed by atoms with E-state index in [0.717, 1.165) is 5.56 Å². The van der Waals surface area contributed by atoms with Crippen LogP contribution in [-0.2, 0) is 6.54 Å². The van der Waals surface area contributed by atoms with Gasteiger partial charge in [0.25, 0.3) is 5.69 Å². The lowest BCUT2D eigenvalue weighted by molar-refractivity contribution is -0.384. The largest absolute Gasteiger partial charge is 0.478 e. The zero-order chi connectivity index (χ0) is 18.5. The summed E-state index contributed by atoms with van der Waals surface area (Å²) >= 11 is 0. The van der Waals surface area contributed by atoms with Crippen LogP contribution in [0.15, 0.2) is 60.9 Å². The van der Waals surface area contributed by atoms with Crippen LogP contribution in [0.25, 0.3) is 11.3 Å². The SMILES string of the molecule is O=C(O)c1cccc(-c2nccnc2NCc2cccc([N+](=O)[O-])c2)c1. The summed E-state index contributed by atoms with van der Waals surface area (Å²) in [4.78, 5) is 30.1. The summed E-state index contributed by atoms with van der Waals surface area (Å²) in [5.74, 6) is -0.566. The first-order valence-electron chi connectivity index (χ1n) is 7.66. The number of non-ortho nitro benzene ring substituents is 1. The molecule has 130 valence electrons. The van der Waals surface area contributed by atoms with E-state index in [2.05, 4.69) is 15.3 Å². The number of carboxylic acids is 1. The van der Waals surface area contributed by atoms with Crippen molar-refractivity contribution in [2.75, 3.05) is 5.32 Å². The molecule has 1 heterocycles. The van der Waals surface area contributed by atoms with Gasteiger partial charge >= 0.3 is 5.97 Å². The highest BCUT2D eigenvalue weighted by molar-refractivity contribution is 5.89. The van der Waals surface area contributed by atoms with Gasteiger partial charge in [-0.3, -0.25) is 15.1 Å². The maximum atomic E-state index is 11.2. The van der Waals surface area contributed by atoms with Crippen molar-refractivity contribution in [3.8, 4) is 11.3 Å². The third-order valence-electron chi connectivity index (χ3n) is 3.66. The van der Waals surface area contributed by atoms with Crippen molar-refractivity contribution in [3.63, 3.8) is 0 Å². The van der Waals surface area contributed by atoms with Crippen molar-refractivity contribution >= 4 is 17.5 Å². The minimum Gasteiger partial charge on any atom is -0.478 e. The molecule has 3 rings (SSSR count). The fourth-order valence-electron chi connectivity index (χ4n) is 2.44. The molecule has 1 aromatic heterocycles. The highest BCUT2D eigenvalue weighted by atomic mass is 16.6. The van der Waals surface area contributed by atoms with Crippen molar-refractivity contribution in [2.45, 2.75) is 6.54 Å². The number of nitro groups is 1. The molecule has 0 unspecified atom stereocenters. The Kier molecular flexibility index (Phi) is 4.84. The lowest BCUT2D eigenvalue weighted by Crippen LogP contribution is -2.05. The number of hydrogen-bond acceptors (Lipinski definition) is 6. The first kappa shape index (κ1) is 17.0. The molecule has 0 aliphatic carbocycles. The molecular weight excluding hydrogens is 336 g/mol. The van der Waals surface area contributed by atoms with E-state index in [4.69, 9.17) is 5.11 Å². The number of benzene rings is 2. The van der Waals surface area contributed by atoms with E-state index < -0.39 is 10.9 Å². The van der Waals surface area contributed by atoms with Crippen LogP contribution in [-0.4, -0.2) is 26.0 Å². The van der Waals surface area contributed by atoms with Gasteiger partial charge in [-0.05, 0) is 17.7 Å². The van der Waals surface area contributed by atoms with Crippen molar-refractivity contribution < 1.29 is 14.8 Å². The molecule has 0 aliphatic rings. The Morgan fingerprint density at radius 3 is 2.65 bits per heavy atom. The van der Waals surface area contributed by atoms with E-state index in [0.29, 0.717) is 23.6 Å². The van der Waals surface area contributed by atoms with Crippen molar-refractivity contribution in [2.24, 2.45) is 0 Å². The monoisotopic (exact) mass is 350 g/mol. The summed E-state index contributed by atoms with van der Waals surface area (Å²) in [6, 6.07) is 12.7. The quantitative estimate of drug-likeness (QED) is 0.517. The summed E-state index contributed by atoms with van der Waals surface area (Å²) in [5, 5.41) is 23.1. The fraction of sp³-hybridized carbons (Fsp3) is 0.0556. The van der Waals surface area contributed by atoms with Crippen LogP contribution in [0.5, 0.6) is 0 Å². The number of nitrogens with zero attached hydrogens (tertiary/aromatic N) is 3. The second-order valence-corrected chi connectivity index (χ2v) is 5.42. The Morgan fingerprint density at radius 2 is 1.88 bits per heavy atom. The molecule has 3 aromatic rings. The molecule has 0 spiro atoms. The highest BCUT2D eigenvalue weighted by Crippen LogP contribution is 2.25. The first-order valence-corrected chi connectivity index (χ1v) is 7.66. The summed E-state index contributed by atoms with van der Waals surface area (Å²) in [7, 11) is 0. The van der Waals surface area contributed by atoms with Gasteiger partial charge in [-0.2, -0.15) is 0 Å². The molecule has 2 aromatic carbocycles. The summed E-state index contributed by atoms with van der Waals surface area (Å²) in [5.41, 5.74) is 1.99. The zero-order valence-corrected chi connectivity index (χ0v) is 13.5. The van der Waals surface area contributed by atoms with E-state index in [-0.39, 0.29) is 11.3 Å². The van der Waals surface area contributed by atoms with E-state index in [1.807, 2.05) is 0 Å². The van der Waals surface area contributed by atoms with Gasteiger partial charge in [-0.15, -0.1) is 0 Å². The number of nitrogens with one attached hydrogen (secondary N) is 1. The highest BCUT2D eigenvalue weighted by Gasteiger charge is 2.11. The Balaban J connectivity index is 1.86. The molecule has 8 heteroatoms. The summed E-state index contributed by atoms with van der Waals surface area (Å²) < 4.78 is 0. The standard InChI is InChI=1S/C18H14N4O4/c23-18(24)14-5-2-4-13(10-14)16-17(20-8-7-19-16)21-11-12-3-1-6-15(9-12)22(25)26/h1-10H,11H2,(H,20,21)(H,23,24). The lowest BCUT2D eigenvalue weighted by Gasteiger charge is -2.10. The number of aromatic carboxylic acids is 1. The van der Waals surface area contributed by atoms with E-state index in [1.165, 1.54) is 36.7 Å². The topological polar surface area (TPSA) is 118 Å². The number of aromatic nitrogens is 2. The number of hydrogen-bond donors (Lipinski definition) is 2. The van der Waals surface area contributed by atoms with Gasteiger partial charge in [-0.1, -0.05) is 24.3 Å². The van der Waals surface area contributed by atoms with Gasteiger partial charge < -0.3 is 10.4 Å². The van der Waals surface area contributed by atoms with Crippen LogP contribution in [0.1, 0.15) is 15.9 Å². The molecule has 2 N–H and O–H groups in total. The van der Waals surface area contributed by atoms with Crippen LogP contribution in [0, 0.1) is 10.1 Å². The van der Waals surface area contributed by atoms with Gasteiger partial charge in [0.2, 0.25) is 0 Å². The van der Waals surface area contributed by atoms with Gasteiger partial charge in [0, 0.05) is 36.6 Å². The molecule has 0 atom stereocenters. The maximum Gasteiger partial charge on any atom is 0.335 e. The Hall–Kier alpha value is -3.81. The number of anilines is 1. The Morgan fingerprint density at radius 1 is 1.12 bits per heavy atom. The number of nitro benzene ring substituents is 1. The van der Waals surface area contributed by atoms with Gasteiger partial charge in [0.05, 0.1) is 10.5 Å². The van der Waals surface area contributed by atoms with Gasteiger partial charge in [0.1, 0.15) is 5.69 Å². The van der Waals surface area contributed by atoms with Gasteiger partial charge in [0.15, 0.2) is 5.82 Å². The lowest BCUT2D eigenvalue weighted by atomic mass is 10.1. The average molecular weight is 350 g/mol. The predicted octanol–water partition coefficient (Wildman–Crippen LogP) is 3.36. The van der Waals surface area contributed by atoms with Crippen molar-refractivity contribution in [3.05, 3.63) is 82.2 Å². The molecule has 26 heavy (non-hydrogen) atoms. The molecule has 8 nitrogen and oxygen atoms in total. The van der Waals surface area contributed by atoms with Gasteiger partial charge in [-0.25, -0.2) is 9.78 Å². The number of carbonyl (C=O) groups is 1. The molecule has 0 saturated heterocycles. The maximum absolute atomic E-state index is 11.2. The molecule has 0 radical (unpaired) electrons. The number of rotatable bonds is 6. The second-order valence-electron chi connectivity index (χ2n) is 5.42. The van der Waals surface area contributed by atoms with Crippen molar-refractivity contribution in [1.82, 2.24) is 9.97 Å². The minimum absolute atomic E-state index is 0.0119. The van der Waals surface area contributed by atoms with Crippen LogP contribution in [0.3, 0.4) is 0 Å². The molecule has 0 aliphatic heterocycles. The van der Waals surface area contributed by atoms with E-state index >= 15 is 0 Å². The van der Waals surface area contributed by atoms with E-state index in [1.54, 1.807) is 24.3 Å². The first-order chi connectivity index (χ1) is 12.5. The van der Waals surface area contributed by atoms with Crippen LogP contribution in [0.4, 0.5) is 11.5 Å². The molecular formula is C18H14N4O4. The number of carboxylic acid groups (broad SMARTS) is 1. The van der Waals surface area contributed by atoms with Crippen LogP contribution >= 0.6 is 0 Å². The zero-order valence-electron chi connectivity index (χ0n) is 13.5. The van der Waals surface area contributed by atoms with E-state index in [9.17, 15) is 14.9 Å². The fourth-order valence-corrected chi connectivity index (χ4v) is 2.44. The molecule has 0 amide bonds. The molecule has 0 bridgehead atoms. The Bertz CT molecular complexity index is 975. The van der Waals surface area contributed by atoms with Crippen LogP contribution in [0.2, 0.25) is 0 Å². The third kappa shape index (κ3) is 3.81. The normalized spacial score (nSPS) is 10.3. The smallest absolute Gasteiger partial charge is 0.335 e. The third-order valence-corrected chi connectivity index (χ3v) is 3.66. The Labute approximate surface area is 148 Å². The summed E-state index contributed by atoms with van der Waals surface area (Å²) in [6.07, 6.45) is 3.03. The molecule has 0 fully saturated rings. The second kappa shape index (κ2) is 7.39. The van der Waals surface area contributed by atoms with Crippen molar-refractivity contribution in [1.29, 1.82) is 0 Å². The minimum atomic E-state index is -1.03. The average Bonchev–Trinajstić information content (AvgIpc) is 2.67. The van der Waals surface area contributed by atoms with Crippen LogP contribution < -0.4 is 5.32 Å².